The van der Waals surface area contributed by atoms with E-state index in [1.54, 1.807) is 25.1 Å². The number of hydrogen-bond acceptors (Lipinski definition) is 7. The molecular formula is C21H22N4O4S2. The van der Waals surface area contributed by atoms with Gasteiger partial charge in [0, 0.05) is 25.3 Å². The Hall–Kier alpha value is -2.66. The molecule has 2 aromatic heterocycles. The fraction of sp³-hybridized carbons (Fsp3) is 0.286. The topological polar surface area (TPSA) is 116 Å². The van der Waals surface area contributed by atoms with Crippen molar-refractivity contribution in [1.82, 2.24) is 18.0 Å². The number of aryl methyl sites for hydroxylation is 2. The van der Waals surface area contributed by atoms with Crippen molar-refractivity contribution in [2.75, 3.05) is 13.2 Å². The number of rotatable bonds is 7. The largest absolute Gasteiger partial charge is 0.396 e. The van der Waals surface area contributed by atoms with Crippen LogP contribution in [0.25, 0.3) is 21.9 Å². The highest BCUT2D eigenvalue weighted by atomic mass is 32.2. The van der Waals surface area contributed by atoms with E-state index in [0.29, 0.717) is 22.2 Å². The van der Waals surface area contributed by atoms with Gasteiger partial charge in [-0.05, 0) is 48.9 Å². The van der Waals surface area contributed by atoms with Crippen LogP contribution in [-0.4, -0.2) is 44.7 Å². The van der Waals surface area contributed by atoms with E-state index in [0.717, 1.165) is 28.2 Å². The Balaban J connectivity index is 1.82. The molecule has 0 saturated heterocycles. The van der Waals surface area contributed by atoms with E-state index in [1.165, 1.54) is 4.31 Å². The van der Waals surface area contributed by atoms with Gasteiger partial charge >= 0.3 is 0 Å². The molecule has 4 aromatic rings. The summed E-state index contributed by atoms with van der Waals surface area (Å²) in [5, 5.41) is 10.2. The van der Waals surface area contributed by atoms with Gasteiger partial charge in [-0.1, -0.05) is 24.3 Å². The van der Waals surface area contributed by atoms with Crippen molar-refractivity contribution in [3.05, 3.63) is 63.4 Å². The van der Waals surface area contributed by atoms with Gasteiger partial charge in [-0.15, -0.1) is 0 Å². The second-order valence-electron chi connectivity index (χ2n) is 7.42. The summed E-state index contributed by atoms with van der Waals surface area (Å²) in [5.74, 6) is 0. The number of H-pyrrole nitrogens is 1. The molecule has 2 aromatic carbocycles. The van der Waals surface area contributed by atoms with Crippen LogP contribution in [0.15, 0.2) is 46.1 Å². The van der Waals surface area contributed by atoms with Crippen LogP contribution >= 0.6 is 11.7 Å². The summed E-state index contributed by atoms with van der Waals surface area (Å²) in [6.45, 7) is 3.40. The number of benzene rings is 2. The van der Waals surface area contributed by atoms with Crippen molar-refractivity contribution in [3.8, 4) is 0 Å². The van der Waals surface area contributed by atoms with Crippen molar-refractivity contribution in [2.45, 2.75) is 31.7 Å². The van der Waals surface area contributed by atoms with Crippen LogP contribution < -0.4 is 5.56 Å². The zero-order chi connectivity index (χ0) is 22.2. The van der Waals surface area contributed by atoms with Gasteiger partial charge < -0.3 is 10.1 Å². The standard InChI is InChI=1S/C21H22N4O4S2/c1-13-5-3-6-15-11-16(21(27)22-18(13)15)12-25(9-4-10-26)31(28,29)20-14(2)7-8-17-19(20)24-30-23-17/h3,5-8,11,26H,4,9-10,12H2,1-2H3,(H,22,27). The number of aliphatic hydroxyl groups excluding tert-OH is 1. The Labute approximate surface area is 183 Å². The number of para-hydroxylation sites is 1. The van der Waals surface area contributed by atoms with Crippen LogP contribution in [0.4, 0.5) is 0 Å². The Morgan fingerprint density at radius 1 is 1.13 bits per heavy atom. The number of aromatic nitrogens is 3. The fourth-order valence-electron chi connectivity index (χ4n) is 3.65. The van der Waals surface area contributed by atoms with Gasteiger partial charge in [-0.25, -0.2) is 8.42 Å². The highest BCUT2D eigenvalue weighted by Gasteiger charge is 2.30. The zero-order valence-corrected chi connectivity index (χ0v) is 18.8. The molecule has 0 radical (unpaired) electrons. The first kappa shape index (κ1) is 21.6. The molecule has 0 atom stereocenters. The third-order valence-corrected chi connectivity index (χ3v) is 7.82. The van der Waals surface area contributed by atoms with Crippen LogP contribution in [-0.2, 0) is 16.6 Å². The molecule has 0 fully saturated rings. The average Bonchev–Trinajstić information content (AvgIpc) is 3.20. The van der Waals surface area contributed by atoms with Crippen molar-refractivity contribution in [1.29, 1.82) is 0 Å². The number of sulfonamides is 1. The van der Waals surface area contributed by atoms with Crippen LogP contribution in [0.1, 0.15) is 23.1 Å². The summed E-state index contributed by atoms with van der Waals surface area (Å²) < 4.78 is 36.9. The summed E-state index contributed by atoms with van der Waals surface area (Å²) >= 11 is 0.953. The summed E-state index contributed by atoms with van der Waals surface area (Å²) in [7, 11) is -4.00. The Kier molecular flexibility index (Phi) is 5.89. The zero-order valence-electron chi connectivity index (χ0n) is 17.1. The van der Waals surface area contributed by atoms with E-state index in [4.69, 9.17) is 0 Å². The molecule has 8 nitrogen and oxygen atoms in total. The van der Waals surface area contributed by atoms with E-state index in [2.05, 4.69) is 13.7 Å². The Morgan fingerprint density at radius 3 is 2.71 bits per heavy atom. The minimum absolute atomic E-state index is 0.0670. The van der Waals surface area contributed by atoms with E-state index in [-0.39, 0.29) is 36.6 Å². The summed E-state index contributed by atoms with van der Waals surface area (Å²) in [5.41, 5.74) is 3.05. The SMILES string of the molecule is Cc1ccc2nsnc2c1S(=O)(=O)N(CCCO)Cc1cc2cccc(C)c2[nH]c1=O. The van der Waals surface area contributed by atoms with Gasteiger partial charge in [-0.3, -0.25) is 4.79 Å². The molecule has 0 saturated carbocycles. The van der Waals surface area contributed by atoms with Crippen molar-refractivity contribution in [2.24, 2.45) is 0 Å². The smallest absolute Gasteiger partial charge is 0.252 e. The van der Waals surface area contributed by atoms with Crippen molar-refractivity contribution >= 4 is 43.7 Å². The first-order chi connectivity index (χ1) is 14.8. The highest BCUT2D eigenvalue weighted by Crippen LogP contribution is 2.29. The van der Waals surface area contributed by atoms with Crippen LogP contribution in [0, 0.1) is 13.8 Å². The van der Waals surface area contributed by atoms with Crippen molar-refractivity contribution < 1.29 is 13.5 Å². The third kappa shape index (κ3) is 3.99. The Morgan fingerprint density at radius 2 is 1.94 bits per heavy atom. The maximum atomic E-state index is 13.7. The van der Waals surface area contributed by atoms with E-state index in [9.17, 15) is 18.3 Å². The molecule has 0 spiro atoms. The molecule has 10 heteroatoms. The molecule has 0 unspecified atom stereocenters. The molecule has 0 aliphatic rings. The monoisotopic (exact) mass is 458 g/mol. The summed E-state index contributed by atoms with van der Waals surface area (Å²) in [6, 6.07) is 10.8. The molecule has 0 aliphatic heterocycles. The lowest BCUT2D eigenvalue weighted by atomic mass is 10.1. The molecular weight excluding hydrogens is 436 g/mol. The van der Waals surface area contributed by atoms with E-state index >= 15 is 0 Å². The predicted octanol–water partition coefficient (Wildman–Crippen LogP) is 2.72. The maximum Gasteiger partial charge on any atom is 0.252 e. The lowest BCUT2D eigenvalue weighted by molar-refractivity contribution is 0.267. The van der Waals surface area contributed by atoms with Crippen molar-refractivity contribution in [3.63, 3.8) is 0 Å². The van der Waals surface area contributed by atoms with Gasteiger partial charge in [0.05, 0.1) is 17.2 Å². The predicted molar refractivity (Wildman–Crippen MR) is 121 cm³/mol. The highest BCUT2D eigenvalue weighted by molar-refractivity contribution is 7.89. The van der Waals surface area contributed by atoms with Gasteiger partial charge in [0.25, 0.3) is 5.56 Å². The molecule has 2 heterocycles. The fourth-order valence-corrected chi connectivity index (χ4v) is 6.06. The number of pyridine rings is 1. The van der Waals surface area contributed by atoms with E-state index in [1.807, 2.05) is 25.1 Å². The third-order valence-electron chi connectivity index (χ3n) is 5.25. The second-order valence-corrected chi connectivity index (χ2v) is 9.83. The molecule has 31 heavy (non-hydrogen) atoms. The Bertz CT molecular complexity index is 1430. The number of hydrogen-bond donors (Lipinski definition) is 2. The van der Waals surface area contributed by atoms with Gasteiger partial charge in [0.15, 0.2) is 0 Å². The lowest BCUT2D eigenvalue weighted by Crippen LogP contribution is -2.34. The number of nitrogens with zero attached hydrogens (tertiary/aromatic N) is 3. The molecule has 162 valence electrons. The number of nitrogens with one attached hydrogen (secondary N) is 1. The molecule has 0 bridgehead atoms. The minimum Gasteiger partial charge on any atom is -0.396 e. The molecule has 0 aliphatic carbocycles. The van der Waals surface area contributed by atoms with Gasteiger partial charge in [0.1, 0.15) is 15.9 Å². The lowest BCUT2D eigenvalue weighted by Gasteiger charge is -2.23. The maximum absolute atomic E-state index is 13.7. The average molecular weight is 459 g/mol. The quantitative estimate of drug-likeness (QED) is 0.440. The molecule has 0 amide bonds. The normalized spacial score (nSPS) is 12.3. The first-order valence-electron chi connectivity index (χ1n) is 9.77. The van der Waals surface area contributed by atoms with Crippen LogP contribution in [0.3, 0.4) is 0 Å². The van der Waals surface area contributed by atoms with E-state index < -0.39 is 10.0 Å². The van der Waals surface area contributed by atoms with Crippen LogP contribution in [0.5, 0.6) is 0 Å². The molecule has 2 N–H and O–H groups in total. The molecule has 4 rings (SSSR count). The van der Waals surface area contributed by atoms with Crippen LogP contribution in [0.2, 0.25) is 0 Å². The number of fused-ring (bicyclic) bond motifs is 2. The number of aromatic amines is 1. The summed E-state index contributed by atoms with van der Waals surface area (Å²) in [4.78, 5) is 15.7. The minimum atomic E-state index is -4.00. The van der Waals surface area contributed by atoms with Gasteiger partial charge in [0.2, 0.25) is 10.0 Å². The first-order valence-corrected chi connectivity index (χ1v) is 11.9. The number of aliphatic hydroxyl groups is 1. The van der Waals surface area contributed by atoms with Gasteiger partial charge in [-0.2, -0.15) is 13.1 Å². The summed E-state index contributed by atoms with van der Waals surface area (Å²) in [6.07, 6.45) is 0.244. The second kappa shape index (κ2) is 8.46.